The van der Waals surface area contributed by atoms with Crippen LogP contribution in [0.25, 0.3) is 0 Å². The molecule has 0 aliphatic rings. The van der Waals surface area contributed by atoms with Crippen LogP contribution in [0.1, 0.15) is 5.56 Å². The number of benzene rings is 1. The van der Waals surface area contributed by atoms with Gasteiger partial charge in [0.15, 0.2) is 0 Å². The van der Waals surface area contributed by atoms with Gasteiger partial charge in [-0.2, -0.15) is 0 Å². The minimum absolute atomic E-state index is 0.497. The molecular formula is C11H13N3O. The quantitative estimate of drug-likeness (QED) is 0.813. The van der Waals surface area contributed by atoms with E-state index in [9.17, 15) is 0 Å². The first kappa shape index (κ1) is 9.58. The van der Waals surface area contributed by atoms with Crippen LogP contribution in [0.15, 0.2) is 30.5 Å². The van der Waals surface area contributed by atoms with Crippen molar-refractivity contribution in [2.75, 3.05) is 5.73 Å². The number of aryl methyl sites for hydroxylation is 1. The lowest BCUT2D eigenvalue weighted by atomic mass is 10.2. The van der Waals surface area contributed by atoms with Crippen molar-refractivity contribution in [2.45, 2.75) is 6.92 Å². The Balaban J connectivity index is 2.22. The highest BCUT2D eigenvalue weighted by atomic mass is 16.5. The summed E-state index contributed by atoms with van der Waals surface area (Å²) in [5.74, 6) is 1.34. The van der Waals surface area contributed by atoms with Crippen LogP contribution in [0, 0.1) is 6.92 Å². The number of rotatable bonds is 2. The minimum atomic E-state index is 0.497. The molecule has 2 rings (SSSR count). The molecule has 0 aliphatic carbocycles. The second-order valence-electron chi connectivity index (χ2n) is 3.44. The van der Waals surface area contributed by atoms with Gasteiger partial charge in [-0.15, -0.1) is 0 Å². The molecule has 1 aromatic heterocycles. The van der Waals surface area contributed by atoms with E-state index < -0.39 is 0 Å². The first-order valence-electron chi connectivity index (χ1n) is 4.68. The third kappa shape index (κ3) is 1.93. The van der Waals surface area contributed by atoms with Crippen LogP contribution in [0.5, 0.6) is 11.8 Å². The summed E-state index contributed by atoms with van der Waals surface area (Å²) in [4.78, 5) is 4.05. The van der Waals surface area contributed by atoms with E-state index in [0.29, 0.717) is 11.8 Å². The van der Waals surface area contributed by atoms with E-state index in [1.807, 2.05) is 38.2 Å². The van der Waals surface area contributed by atoms with Crippen molar-refractivity contribution in [3.05, 3.63) is 36.0 Å². The van der Waals surface area contributed by atoms with E-state index in [1.165, 1.54) is 5.56 Å². The predicted molar refractivity (Wildman–Crippen MR) is 58.9 cm³/mol. The molecule has 4 heteroatoms. The fourth-order valence-electron chi connectivity index (χ4n) is 1.21. The number of nitrogens with zero attached hydrogens (tertiary/aromatic N) is 2. The number of nitrogens with two attached hydrogens (primary N) is 1. The SMILES string of the molecule is Cc1ccc(Oc2ncc(N)n2C)cc1. The highest BCUT2D eigenvalue weighted by Crippen LogP contribution is 2.21. The van der Waals surface area contributed by atoms with Gasteiger partial charge in [0.25, 0.3) is 0 Å². The van der Waals surface area contributed by atoms with Crippen molar-refractivity contribution in [3.8, 4) is 11.8 Å². The molecule has 0 atom stereocenters. The zero-order valence-electron chi connectivity index (χ0n) is 8.77. The van der Waals surface area contributed by atoms with Crippen molar-refractivity contribution in [2.24, 2.45) is 7.05 Å². The van der Waals surface area contributed by atoms with E-state index in [1.54, 1.807) is 10.8 Å². The van der Waals surface area contributed by atoms with Gasteiger partial charge >= 0.3 is 6.01 Å². The van der Waals surface area contributed by atoms with E-state index in [-0.39, 0.29) is 0 Å². The smallest absolute Gasteiger partial charge is 0.303 e. The fraction of sp³-hybridized carbons (Fsp3) is 0.182. The maximum absolute atomic E-state index is 5.64. The van der Waals surface area contributed by atoms with Gasteiger partial charge in [-0.1, -0.05) is 17.7 Å². The van der Waals surface area contributed by atoms with Crippen LogP contribution in [-0.4, -0.2) is 9.55 Å². The highest BCUT2D eigenvalue weighted by molar-refractivity contribution is 5.33. The van der Waals surface area contributed by atoms with Gasteiger partial charge in [0, 0.05) is 7.05 Å². The lowest BCUT2D eigenvalue weighted by Gasteiger charge is -2.05. The molecule has 2 N–H and O–H groups in total. The predicted octanol–water partition coefficient (Wildman–Crippen LogP) is 2.10. The first-order chi connectivity index (χ1) is 7.16. The number of imidazole rings is 1. The van der Waals surface area contributed by atoms with Gasteiger partial charge in [-0.3, -0.25) is 4.57 Å². The second-order valence-corrected chi connectivity index (χ2v) is 3.44. The van der Waals surface area contributed by atoms with Crippen LogP contribution in [0.2, 0.25) is 0 Å². The molecule has 15 heavy (non-hydrogen) atoms. The summed E-state index contributed by atoms with van der Waals surface area (Å²) in [5.41, 5.74) is 6.83. The van der Waals surface area contributed by atoms with Crippen molar-refractivity contribution < 1.29 is 4.74 Å². The molecule has 0 aliphatic heterocycles. The molecule has 0 spiro atoms. The van der Waals surface area contributed by atoms with E-state index in [0.717, 1.165) is 5.75 Å². The molecule has 78 valence electrons. The van der Waals surface area contributed by atoms with Gasteiger partial charge in [-0.25, -0.2) is 4.98 Å². The van der Waals surface area contributed by atoms with Crippen LogP contribution in [0.3, 0.4) is 0 Å². The van der Waals surface area contributed by atoms with Crippen molar-refractivity contribution in [1.82, 2.24) is 9.55 Å². The minimum Gasteiger partial charge on any atom is -0.425 e. The molecule has 2 aromatic rings. The molecule has 0 bridgehead atoms. The van der Waals surface area contributed by atoms with E-state index in [4.69, 9.17) is 10.5 Å². The first-order valence-corrected chi connectivity index (χ1v) is 4.68. The van der Waals surface area contributed by atoms with E-state index in [2.05, 4.69) is 4.98 Å². The van der Waals surface area contributed by atoms with Gasteiger partial charge in [0.2, 0.25) is 0 Å². The van der Waals surface area contributed by atoms with Gasteiger partial charge in [0.1, 0.15) is 11.6 Å². The topological polar surface area (TPSA) is 53.1 Å². The number of hydrogen-bond donors (Lipinski definition) is 1. The number of anilines is 1. The molecule has 1 heterocycles. The Morgan fingerprint density at radius 1 is 1.27 bits per heavy atom. The third-order valence-corrected chi connectivity index (χ3v) is 2.21. The van der Waals surface area contributed by atoms with Crippen LogP contribution in [-0.2, 0) is 7.05 Å². The molecule has 4 nitrogen and oxygen atoms in total. The Hall–Kier alpha value is -1.97. The molecule has 0 amide bonds. The summed E-state index contributed by atoms with van der Waals surface area (Å²) in [6, 6.07) is 8.28. The molecule has 0 radical (unpaired) electrons. The maximum atomic E-state index is 5.64. The van der Waals surface area contributed by atoms with Crippen LogP contribution < -0.4 is 10.5 Å². The van der Waals surface area contributed by atoms with Crippen molar-refractivity contribution >= 4 is 5.82 Å². The highest BCUT2D eigenvalue weighted by Gasteiger charge is 2.05. The Labute approximate surface area is 88.3 Å². The van der Waals surface area contributed by atoms with Gasteiger partial charge < -0.3 is 10.5 Å². The summed E-state index contributed by atoms with van der Waals surface area (Å²) >= 11 is 0. The normalized spacial score (nSPS) is 10.3. The molecular weight excluding hydrogens is 190 g/mol. The average Bonchev–Trinajstić information content (AvgIpc) is 2.53. The Kier molecular flexibility index (Phi) is 2.33. The summed E-state index contributed by atoms with van der Waals surface area (Å²) in [5, 5.41) is 0. The zero-order chi connectivity index (χ0) is 10.8. The number of hydrogen-bond acceptors (Lipinski definition) is 3. The zero-order valence-corrected chi connectivity index (χ0v) is 8.77. The second kappa shape index (κ2) is 3.65. The number of aromatic nitrogens is 2. The molecule has 0 fully saturated rings. The molecule has 1 aromatic carbocycles. The van der Waals surface area contributed by atoms with Gasteiger partial charge in [-0.05, 0) is 19.1 Å². The van der Waals surface area contributed by atoms with Gasteiger partial charge in [0.05, 0.1) is 6.20 Å². The Morgan fingerprint density at radius 2 is 1.93 bits per heavy atom. The average molecular weight is 203 g/mol. The van der Waals surface area contributed by atoms with Crippen molar-refractivity contribution in [3.63, 3.8) is 0 Å². The third-order valence-electron chi connectivity index (χ3n) is 2.21. The van der Waals surface area contributed by atoms with Crippen molar-refractivity contribution in [1.29, 1.82) is 0 Å². The molecule has 0 unspecified atom stereocenters. The maximum Gasteiger partial charge on any atom is 0.303 e. The summed E-state index contributed by atoms with van der Waals surface area (Å²) in [6.45, 7) is 2.03. The number of nitrogen functional groups attached to an aromatic ring is 1. The fourth-order valence-corrected chi connectivity index (χ4v) is 1.21. The van der Waals surface area contributed by atoms with E-state index >= 15 is 0 Å². The Morgan fingerprint density at radius 3 is 2.47 bits per heavy atom. The van der Waals surface area contributed by atoms with Crippen LogP contribution in [0.4, 0.5) is 5.82 Å². The molecule has 0 saturated heterocycles. The lowest BCUT2D eigenvalue weighted by molar-refractivity contribution is 0.426. The monoisotopic (exact) mass is 203 g/mol. The Bertz CT molecular complexity index is 459. The lowest BCUT2D eigenvalue weighted by Crippen LogP contribution is -1.98. The standard InChI is InChI=1S/C11H13N3O/c1-8-3-5-9(6-4-8)15-11-13-7-10(12)14(11)2/h3-7H,12H2,1-2H3. The summed E-state index contributed by atoms with van der Waals surface area (Å²) in [7, 11) is 1.81. The summed E-state index contributed by atoms with van der Waals surface area (Å²) < 4.78 is 7.25. The molecule has 0 saturated carbocycles. The van der Waals surface area contributed by atoms with Crippen LogP contribution >= 0.6 is 0 Å². The summed E-state index contributed by atoms with van der Waals surface area (Å²) in [6.07, 6.45) is 1.57. The largest absolute Gasteiger partial charge is 0.425 e. The number of ether oxygens (including phenoxy) is 1.